The summed E-state index contributed by atoms with van der Waals surface area (Å²) in [6.45, 7) is 10.1. The van der Waals surface area contributed by atoms with Crippen molar-refractivity contribution in [2.75, 3.05) is 59.7 Å². The summed E-state index contributed by atoms with van der Waals surface area (Å²) in [6.07, 6.45) is -0.339. The normalized spacial score (nSPS) is 13.2. The molecule has 104 valence electrons. The van der Waals surface area contributed by atoms with E-state index in [1.54, 1.807) is 7.11 Å². The summed E-state index contributed by atoms with van der Waals surface area (Å²) >= 11 is 0. The van der Waals surface area contributed by atoms with Crippen molar-refractivity contribution in [3.8, 4) is 0 Å². The van der Waals surface area contributed by atoms with Crippen LogP contribution in [-0.2, 0) is 9.47 Å². The maximum Gasteiger partial charge on any atom is 0.0791 e. The molecule has 0 aromatic heterocycles. The Balaban J connectivity index is 3.55. The van der Waals surface area contributed by atoms with Gasteiger partial charge in [-0.1, -0.05) is 6.92 Å². The van der Waals surface area contributed by atoms with Crippen molar-refractivity contribution in [3.05, 3.63) is 0 Å². The molecule has 0 saturated heterocycles. The van der Waals surface area contributed by atoms with E-state index < -0.39 is 0 Å². The molecule has 0 spiro atoms. The number of ether oxygens (including phenoxy) is 2. The second-order valence-corrected chi connectivity index (χ2v) is 3.94. The summed E-state index contributed by atoms with van der Waals surface area (Å²) in [7, 11) is 1.67. The van der Waals surface area contributed by atoms with Crippen LogP contribution in [0.4, 0.5) is 0 Å². The van der Waals surface area contributed by atoms with Crippen LogP contribution in [0.5, 0.6) is 0 Å². The van der Waals surface area contributed by atoms with Gasteiger partial charge in [0.05, 0.1) is 19.3 Å². The predicted molar refractivity (Wildman–Crippen MR) is 69.4 cm³/mol. The quantitative estimate of drug-likeness (QED) is 0.474. The average molecular weight is 248 g/mol. The second kappa shape index (κ2) is 12.3. The number of hydrogen-bond donors (Lipinski definition) is 2. The van der Waals surface area contributed by atoms with Crippen molar-refractivity contribution in [1.82, 2.24) is 10.2 Å². The molecule has 0 aromatic rings. The summed E-state index contributed by atoms with van der Waals surface area (Å²) in [6, 6.07) is 0. The molecule has 0 amide bonds. The fourth-order valence-electron chi connectivity index (χ4n) is 1.52. The molecule has 0 heterocycles. The second-order valence-electron chi connectivity index (χ2n) is 3.94. The van der Waals surface area contributed by atoms with Crippen molar-refractivity contribution in [2.45, 2.75) is 20.0 Å². The highest BCUT2D eigenvalue weighted by molar-refractivity contribution is 4.66. The highest BCUT2D eigenvalue weighted by Gasteiger charge is 2.09. The van der Waals surface area contributed by atoms with Gasteiger partial charge in [-0.05, 0) is 13.5 Å². The van der Waals surface area contributed by atoms with Gasteiger partial charge in [-0.15, -0.1) is 0 Å². The highest BCUT2D eigenvalue weighted by Crippen LogP contribution is 1.92. The topological polar surface area (TPSA) is 54.0 Å². The first-order chi connectivity index (χ1) is 8.24. The maximum absolute atomic E-state index is 9.82. The van der Waals surface area contributed by atoms with Crippen LogP contribution < -0.4 is 5.32 Å². The van der Waals surface area contributed by atoms with Gasteiger partial charge in [0.15, 0.2) is 0 Å². The molecule has 0 aromatic carbocycles. The van der Waals surface area contributed by atoms with E-state index in [2.05, 4.69) is 17.1 Å². The minimum absolute atomic E-state index is 0.339. The number of aliphatic hydroxyl groups excluding tert-OH is 1. The molecule has 0 saturated carbocycles. The predicted octanol–water partition coefficient (Wildman–Crippen LogP) is -0.0583. The number of nitrogens with one attached hydrogen (secondary N) is 1. The Labute approximate surface area is 105 Å². The van der Waals surface area contributed by atoms with Crippen molar-refractivity contribution >= 4 is 0 Å². The molecule has 5 heteroatoms. The molecule has 0 aliphatic heterocycles. The minimum atomic E-state index is -0.339. The molecule has 0 aliphatic rings. The zero-order valence-corrected chi connectivity index (χ0v) is 11.4. The number of nitrogens with zero attached hydrogens (tertiary/aromatic N) is 1. The molecule has 0 radical (unpaired) electrons. The number of likely N-dealkylation sites (N-methyl/N-ethyl adjacent to an activating group) is 1. The van der Waals surface area contributed by atoms with E-state index in [1.807, 2.05) is 6.92 Å². The lowest BCUT2D eigenvalue weighted by Gasteiger charge is -2.23. The van der Waals surface area contributed by atoms with Crippen LogP contribution in [0, 0.1) is 0 Å². The first-order valence-corrected chi connectivity index (χ1v) is 6.42. The molecule has 2 N–H and O–H groups in total. The fourth-order valence-corrected chi connectivity index (χ4v) is 1.52. The van der Waals surface area contributed by atoms with E-state index in [1.165, 1.54) is 0 Å². The van der Waals surface area contributed by atoms with E-state index in [-0.39, 0.29) is 6.10 Å². The van der Waals surface area contributed by atoms with Crippen LogP contribution in [0.1, 0.15) is 13.8 Å². The summed E-state index contributed by atoms with van der Waals surface area (Å²) in [5.74, 6) is 0. The van der Waals surface area contributed by atoms with Crippen LogP contribution in [0.25, 0.3) is 0 Å². The molecule has 0 bridgehead atoms. The summed E-state index contributed by atoms with van der Waals surface area (Å²) < 4.78 is 10.2. The van der Waals surface area contributed by atoms with E-state index in [0.717, 1.165) is 32.8 Å². The third-order valence-corrected chi connectivity index (χ3v) is 2.54. The van der Waals surface area contributed by atoms with Crippen LogP contribution in [0.2, 0.25) is 0 Å². The summed E-state index contributed by atoms with van der Waals surface area (Å²) in [5.41, 5.74) is 0. The molecular formula is C12H28N2O3. The Bertz CT molecular complexity index is 159. The third kappa shape index (κ3) is 10.7. The van der Waals surface area contributed by atoms with Crippen LogP contribution in [-0.4, -0.2) is 75.8 Å². The average Bonchev–Trinajstić information content (AvgIpc) is 2.33. The largest absolute Gasteiger partial charge is 0.390 e. The molecule has 17 heavy (non-hydrogen) atoms. The molecule has 1 unspecified atom stereocenters. The molecule has 5 nitrogen and oxygen atoms in total. The monoisotopic (exact) mass is 248 g/mol. The summed E-state index contributed by atoms with van der Waals surface area (Å²) in [5, 5.41) is 13.0. The van der Waals surface area contributed by atoms with E-state index in [4.69, 9.17) is 9.47 Å². The molecule has 1 atom stereocenters. The first kappa shape index (κ1) is 16.8. The lowest BCUT2D eigenvalue weighted by molar-refractivity contribution is 0.0781. The van der Waals surface area contributed by atoms with Crippen molar-refractivity contribution in [1.29, 1.82) is 0 Å². The van der Waals surface area contributed by atoms with Gasteiger partial charge < -0.3 is 19.9 Å². The first-order valence-electron chi connectivity index (χ1n) is 6.42. The van der Waals surface area contributed by atoms with Crippen LogP contribution in [0.3, 0.4) is 0 Å². The SMILES string of the molecule is CCOCCN(CC)CC(O)CNCCOC. The Kier molecular flexibility index (Phi) is 12.1. The van der Waals surface area contributed by atoms with Gasteiger partial charge in [0.1, 0.15) is 0 Å². The highest BCUT2D eigenvalue weighted by atomic mass is 16.5. The van der Waals surface area contributed by atoms with Crippen molar-refractivity contribution in [3.63, 3.8) is 0 Å². The van der Waals surface area contributed by atoms with Gasteiger partial charge in [-0.25, -0.2) is 0 Å². The Morgan fingerprint density at radius 2 is 2.06 bits per heavy atom. The number of aliphatic hydroxyl groups is 1. The van der Waals surface area contributed by atoms with Gasteiger partial charge in [-0.3, -0.25) is 4.90 Å². The lowest BCUT2D eigenvalue weighted by Crippen LogP contribution is -2.40. The van der Waals surface area contributed by atoms with E-state index in [9.17, 15) is 5.11 Å². The minimum Gasteiger partial charge on any atom is -0.390 e. The van der Waals surface area contributed by atoms with Crippen molar-refractivity contribution in [2.24, 2.45) is 0 Å². The Hall–Kier alpha value is -0.200. The molecular weight excluding hydrogens is 220 g/mol. The van der Waals surface area contributed by atoms with Gasteiger partial charge in [0.2, 0.25) is 0 Å². The number of rotatable bonds is 12. The smallest absolute Gasteiger partial charge is 0.0791 e. The third-order valence-electron chi connectivity index (χ3n) is 2.54. The number of methoxy groups -OCH3 is 1. The van der Waals surface area contributed by atoms with E-state index >= 15 is 0 Å². The zero-order chi connectivity index (χ0) is 12.9. The summed E-state index contributed by atoms with van der Waals surface area (Å²) in [4.78, 5) is 2.19. The zero-order valence-electron chi connectivity index (χ0n) is 11.4. The Morgan fingerprint density at radius 3 is 2.65 bits per heavy atom. The van der Waals surface area contributed by atoms with Gasteiger partial charge >= 0.3 is 0 Å². The Morgan fingerprint density at radius 1 is 1.29 bits per heavy atom. The lowest BCUT2D eigenvalue weighted by atomic mass is 10.3. The molecule has 0 aliphatic carbocycles. The van der Waals surface area contributed by atoms with Crippen LogP contribution >= 0.6 is 0 Å². The van der Waals surface area contributed by atoms with Gasteiger partial charge in [0, 0.05) is 39.9 Å². The van der Waals surface area contributed by atoms with Gasteiger partial charge in [0.25, 0.3) is 0 Å². The fraction of sp³-hybridized carbons (Fsp3) is 1.00. The molecule has 0 rings (SSSR count). The van der Waals surface area contributed by atoms with Crippen molar-refractivity contribution < 1.29 is 14.6 Å². The standard InChI is InChI=1S/C12H28N2O3/c1-4-14(7-9-17-5-2)11-12(15)10-13-6-8-16-3/h12-13,15H,4-11H2,1-3H3. The molecule has 0 fully saturated rings. The number of hydrogen-bond acceptors (Lipinski definition) is 5. The maximum atomic E-state index is 9.82. The van der Waals surface area contributed by atoms with Gasteiger partial charge in [-0.2, -0.15) is 0 Å². The van der Waals surface area contributed by atoms with Crippen LogP contribution in [0.15, 0.2) is 0 Å². The van der Waals surface area contributed by atoms with E-state index in [0.29, 0.717) is 19.7 Å².